The fourth-order valence-corrected chi connectivity index (χ4v) is 3.25. The molecule has 1 aromatic heterocycles. The van der Waals surface area contributed by atoms with Crippen molar-refractivity contribution in [3.8, 4) is 0 Å². The first kappa shape index (κ1) is 13.5. The maximum atomic E-state index is 4.56. The molecule has 0 aliphatic rings. The molecular weight excluding hydrogens is 359 g/mol. The monoisotopic (exact) mass is 374 g/mol. The van der Waals surface area contributed by atoms with E-state index in [-0.39, 0.29) is 6.04 Å². The lowest BCUT2D eigenvalue weighted by atomic mass is 9.96. The molecule has 2 nitrogen and oxygen atoms in total. The van der Waals surface area contributed by atoms with E-state index in [0.717, 1.165) is 5.52 Å². The van der Waals surface area contributed by atoms with Gasteiger partial charge in [-0.15, -0.1) is 0 Å². The molecule has 2 aromatic carbocycles. The standard InChI is InChI=1S/C17H15IN2/c1-19-17(13-8-2-3-10-15(13)18)14-9-4-6-12-7-5-11-20-16(12)14/h2-11,17,19H,1H3. The molecule has 3 aromatic rings. The predicted molar refractivity (Wildman–Crippen MR) is 91.8 cm³/mol. The van der Waals surface area contributed by atoms with Crippen LogP contribution < -0.4 is 5.32 Å². The number of pyridine rings is 1. The van der Waals surface area contributed by atoms with E-state index in [1.165, 1.54) is 20.1 Å². The van der Waals surface area contributed by atoms with Gasteiger partial charge in [0.05, 0.1) is 11.6 Å². The van der Waals surface area contributed by atoms with Gasteiger partial charge in [-0.1, -0.05) is 42.5 Å². The van der Waals surface area contributed by atoms with Crippen LogP contribution >= 0.6 is 22.6 Å². The highest BCUT2D eigenvalue weighted by Gasteiger charge is 2.17. The van der Waals surface area contributed by atoms with Gasteiger partial charge in [-0.05, 0) is 52.9 Å². The minimum atomic E-state index is 0.154. The van der Waals surface area contributed by atoms with Crippen molar-refractivity contribution in [3.63, 3.8) is 0 Å². The van der Waals surface area contributed by atoms with Gasteiger partial charge in [0.1, 0.15) is 0 Å². The van der Waals surface area contributed by atoms with Crippen LogP contribution in [0, 0.1) is 3.57 Å². The first-order valence-corrected chi connectivity index (χ1v) is 7.64. The van der Waals surface area contributed by atoms with Crippen LogP contribution in [0.5, 0.6) is 0 Å². The maximum Gasteiger partial charge on any atom is 0.0753 e. The van der Waals surface area contributed by atoms with E-state index < -0.39 is 0 Å². The minimum Gasteiger partial charge on any atom is -0.309 e. The quantitative estimate of drug-likeness (QED) is 0.697. The molecule has 0 aliphatic heterocycles. The van der Waals surface area contributed by atoms with Gasteiger partial charge < -0.3 is 5.32 Å². The zero-order valence-electron chi connectivity index (χ0n) is 11.2. The lowest BCUT2D eigenvalue weighted by Crippen LogP contribution is -2.19. The number of aromatic nitrogens is 1. The van der Waals surface area contributed by atoms with Crippen LogP contribution in [-0.2, 0) is 0 Å². The summed E-state index contributed by atoms with van der Waals surface area (Å²) in [6.07, 6.45) is 1.86. The van der Waals surface area contributed by atoms with Crippen molar-refractivity contribution in [2.75, 3.05) is 7.05 Å². The summed E-state index contributed by atoms with van der Waals surface area (Å²) < 4.78 is 1.26. The van der Waals surface area contributed by atoms with Crippen molar-refractivity contribution in [1.82, 2.24) is 10.3 Å². The summed E-state index contributed by atoms with van der Waals surface area (Å²) in [7, 11) is 2.00. The van der Waals surface area contributed by atoms with E-state index in [1.807, 2.05) is 19.3 Å². The normalized spacial score (nSPS) is 12.5. The largest absolute Gasteiger partial charge is 0.309 e. The molecule has 1 atom stereocenters. The molecule has 20 heavy (non-hydrogen) atoms. The molecule has 0 amide bonds. The van der Waals surface area contributed by atoms with Gasteiger partial charge >= 0.3 is 0 Å². The number of nitrogens with zero attached hydrogens (tertiary/aromatic N) is 1. The van der Waals surface area contributed by atoms with E-state index >= 15 is 0 Å². The van der Waals surface area contributed by atoms with E-state index in [9.17, 15) is 0 Å². The Morgan fingerprint density at radius 3 is 2.50 bits per heavy atom. The van der Waals surface area contributed by atoms with Gasteiger partial charge in [-0.25, -0.2) is 0 Å². The molecular formula is C17H15IN2. The molecule has 0 saturated carbocycles. The first-order valence-electron chi connectivity index (χ1n) is 6.56. The SMILES string of the molecule is CNC(c1ccccc1I)c1cccc2cccnc12. The lowest BCUT2D eigenvalue weighted by molar-refractivity contribution is 0.692. The van der Waals surface area contributed by atoms with Crippen molar-refractivity contribution < 1.29 is 0 Å². The fraction of sp³-hybridized carbons (Fsp3) is 0.118. The molecule has 0 radical (unpaired) electrons. The van der Waals surface area contributed by atoms with Crippen molar-refractivity contribution in [3.05, 3.63) is 75.5 Å². The molecule has 0 bridgehead atoms. The van der Waals surface area contributed by atoms with Gasteiger partial charge in [-0.3, -0.25) is 4.98 Å². The highest BCUT2D eigenvalue weighted by atomic mass is 127. The van der Waals surface area contributed by atoms with Gasteiger partial charge in [-0.2, -0.15) is 0 Å². The second-order valence-electron chi connectivity index (χ2n) is 4.67. The molecule has 3 rings (SSSR count). The van der Waals surface area contributed by atoms with Crippen LogP contribution in [0.15, 0.2) is 60.8 Å². The Labute approximate surface area is 132 Å². The van der Waals surface area contributed by atoms with Crippen molar-refractivity contribution in [2.45, 2.75) is 6.04 Å². The molecule has 1 unspecified atom stereocenters. The zero-order chi connectivity index (χ0) is 13.9. The summed E-state index contributed by atoms with van der Waals surface area (Å²) in [5, 5.41) is 4.60. The van der Waals surface area contributed by atoms with Gasteiger partial charge in [0, 0.05) is 15.2 Å². The summed E-state index contributed by atoms with van der Waals surface area (Å²) in [6.45, 7) is 0. The van der Waals surface area contributed by atoms with Crippen LogP contribution in [0.2, 0.25) is 0 Å². The van der Waals surface area contributed by atoms with Crippen molar-refractivity contribution in [1.29, 1.82) is 0 Å². The van der Waals surface area contributed by atoms with Crippen LogP contribution in [0.25, 0.3) is 10.9 Å². The third kappa shape index (κ3) is 2.43. The Bertz CT molecular complexity index is 734. The highest BCUT2D eigenvalue weighted by Crippen LogP contribution is 2.29. The summed E-state index contributed by atoms with van der Waals surface area (Å²) in [6, 6.07) is 19.1. The van der Waals surface area contributed by atoms with E-state index in [2.05, 4.69) is 81.4 Å². The van der Waals surface area contributed by atoms with Gasteiger partial charge in [0.15, 0.2) is 0 Å². The van der Waals surface area contributed by atoms with Crippen molar-refractivity contribution >= 4 is 33.5 Å². The van der Waals surface area contributed by atoms with Gasteiger partial charge in [0.25, 0.3) is 0 Å². The zero-order valence-corrected chi connectivity index (χ0v) is 13.3. The Kier molecular flexibility index (Phi) is 3.98. The van der Waals surface area contributed by atoms with Crippen molar-refractivity contribution in [2.24, 2.45) is 0 Å². The number of rotatable bonds is 3. The van der Waals surface area contributed by atoms with E-state index in [4.69, 9.17) is 0 Å². The third-order valence-corrected chi connectivity index (χ3v) is 4.46. The second kappa shape index (κ2) is 5.89. The summed E-state index contributed by atoms with van der Waals surface area (Å²) in [5.74, 6) is 0. The molecule has 0 saturated heterocycles. The molecule has 3 heteroatoms. The Morgan fingerprint density at radius 1 is 0.950 bits per heavy atom. The van der Waals surface area contributed by atoms with Crippen LogP contribution in [0.1, 0.15) is 17.2 Å². The number of halogens is 1. The average Bonchev–Trinajstić information content (AvgIpc) is 2.50. The van der Waals surface area contributed by atoms with Crippen LogP contribution in [0.3, 0.4) is 0 Å². The average molecular weight is 374 g/mol. The van der Waals surface area contributed by atoms with Gasteiger partial charge in [0.2, 0.25) is 0 Å². The molecule has 0 fully saturated rings. The third-order valence-electron chi connectivity index (χ3n) is 3.48. The number of benzene rings is 2. The molecule has 0 spiro atoms. The van der Waals surface area contributed by atoms with Crippen LogP contribution in [-0.4, -0.2) is 12.0 Å². The fourth-order valence-electron chi connectivity index (χ4n) is 2.55. The Morgan fingerprint density at radius 2 is 1.70 bits per heavy atom. The number of hydrogen-bond donors (Lipinski definition) is 1. The summed E-state index contributed by atoms with van der Waals surface area (Å²) >= 11 is 2.39. The summed E-state index contributed by atoms with van der Waals surface area (Å²) in [4.78, 5) is 4.56. The van der Waals surface area contributed by atoms with E-state index in [1.54, 1.807) is 0 Å². The topological polar surface area (TPSA) is 24.9 Å². The van der Waals surface area contributed by atoms with E-state index in [0.29, 0.717) is 0 Å². The Balaban J connectivity index is 2.20. The second-order valence-corrected chi connectivity index (χ2v) is 5.83. The maximum absolute atomic E-state index is 4.56. The summed E-state index contributed by atoms with van der Waals surface area (Å²) in [5.41, 5.74) is 3.57. The molecule has 100 valence electrons. The number of nitrogens with one attached hydrogen (secondary N) is 1. The smallest absolute Gasteiger partial charge is 0.0753 e. The minimum absolute atomic E-state index is 0.154. The highest BCUT2D eigenvalue weighted by molar-refractivity contribution is 14.1. The molecule has 1 heterocycles. The number of hydrogen-bond acceptors (Lipinski definition) is 2. The molecule has 1 N–H and O–H groups in total. The molecule has 0 aliphatic carbocycles. The predicted octanol–water partition coefficient (Wildman–Crippen LogP) is 4.15. The number of para-hydroxylation sites is 1. The Hall–Kier alpha value is -1.46. The number of fused-ring (bicyclic) bond motifs is 1. The van der Waals surface area contributed by atoms with Crippen LogP contribution in [0.4, 0.5) is 0 Å². The first-order chi connectivity index (χ1) is 9.81. The lowest BCUT2D eigenvalue weighted by Gasteiger charge is -2.20.